The molecule has 6 nitrogen and oxygen atoms in total. The third-order valence-electron chi connectivity index (χ3n) is 9.46. The van der Waals surface area contributed by atoms with Crippen LogP contribution in [0.15, 0.2) is 42.5 Å². The fourth-order valence-corrected chi connectivity index (χ4v) is 7.85. The van der Waals surface area contributed by atoms with Crippen LogP contribution in [0, 0.1) is 5.92 Å². The second-order valence-electron chi connectivity index (χ2n) is 11.3. The summed E-state index contributed by atoms with van der Waals surface area (Å²) in [6.07, 6.45) is 8.00. The van der Waals surface area contributed by atoms with Crippen LogP contribution in [0.25, 0.3) is 6.08 Å². The summed E-state index contributed by atoms with van der Waals surface area (Å²) in [5, 5.41) is 4.19. The number of likely N-dealkylation sites (tertiary alicyclic amines) is 1. The number of ketones is 1. The largest absolute Gasteiger partial charge is 0.493 e. The summed E-state index contributed by atoms with van der Waals surface area (Å²) in [5.74, 6) is 2.09. The molecule has 2 aliphatic heterocycles. The van der Waals surface area contributed by atoms with Crippen molar-refractivity contribution in [3.05, 3.63) is 64.2 Å². The topological polar surface area (TPSA) is 67.9 Å². The maximum absolute atomic E-state index is 13.6. The Morgan fingerprint density at radius 1 is 1.22 bits per heavy atom. The van der Waals surface area contributed by atoms with E-state index >= 15 is 0 Å². The van der Waals surface area contributed by atoms with Gasteiger partial charge in [-0.15, -0.1) is 0 Å². The van der Waals surface area contributed by atoms with E-state index in [1.807, 2.05) is 36.4 Å². The van der Waals surface area contributed by atoms with Gasteiger partial charge in [-0.25, -0.2) is 0 Å². The van der Waals surface area contributed by atoms with Crippen LogP contribution in [-0.4, -0.2) is 54.5 Å². The predicted molar refractivity (Wildman–Crippen MR) is 141 cm³/mol. The van der Waals surface area contributed by atoms with Gasteiger partial charge in [0.15, 0.2) is 23.4 Å². The summed E-state index contributed by atoms with van der Waals surface area (Å²) >= 11 is 6.02. The Balaban J connectivity index is 1.34. The first-order valence-corrected chi connectivity index (χ1v) is 13.7. The van der Waals surface area contributed by atoms with E-state index in [1.54, 1.807) is 13.2 Å². The van der Waals surface area contributed by atoms with Crippen molar-refractivity contribution < 1.29 is 19.1 Å². The molecule has 2 heterocycles. The molecular formula is C30H31ClN2O4. The smallest absolute Gasteiger partial charge is 0.244 e. The van der Waals surface area contributed by atoms with Crippen molar-refractivity contribution in [3.63, 3.8) is 0 Å². The fourth-order valence-electron chi connectivity index (χ4n) is 7.72. The molecule has 1 saturated heterocycles. The molecule has 1 spiro atoms. The van der Waals surface area contributed by atoms with Crippen molar-refractivity contribution >= 4 is 29.4 Å². The van der Waals surface area contributed by atoms with Crippen molar-refractivity contribution in [2.24, 2.45) is 5.92 Å². The third kappa shape index (κ3) is 3.34. The van der Waals surface area contributed by atoms with Gasteiger partial charge < -0.3 is 14.8 Å². The summed E-state index contributed by atoms with van der Waals surface area (Å²) < 4.78 is 12.2. The van der Waals surface area contributed by atoms with E-state index in [4.69, 9.17) is 21.1 Å². The Kier molecular flexibility index (Phi) is 5.25. The van der Waals surface area contributed by atoms with Gasteiger partial charge in [-0.05, 0) is 80.0 Å². The number of nitrogens with zero attached hydrogens (tertiary/aromatic N) is 1. The predicted octanol–water partition coefficient (Wildman–Crippen LogP) is 4.32. The number of carbonyl (C=O) groups excluding carboxylic acids is 2. The summed E-state index contributed by atoms with van der Waals surface area (Å²) in [7, 11) is 1.64. The highest BCUT2D eigenvalue weighted by Crippen LogP contribution is 2.65. The van der Waals surface area contributed by atoms with E-state index < -0.39 is 17.1 Å². The molecule has 192 valence electrons. The lowest BCUT2D eigenvalue weighted by Crippen LogP contribution is -2.81. The molecule has 1 unspecified atom stereocenters. The average molecular weight is 519 g/mol. The van der Waals surface area contributed by atoms with Crippen molar-refractivity contribution in [2.45, 2.75) is 61.6 Å². The van der Waals surface area contributed by atoms with Gasteiger partial charge in [0.05, 0.1) is 18.1 Å². The van der Waals surface area contributed by atoms with Gasteiger partial charge >= 0.3 is 0 Å². The number of hydrogen-bond acceptors (Lipinski definition) is 5. The van der Waals surface area contributed by atoms with Gasteiger partial charge in [0.25, 0.3) is 0 Å². The first-order chi connectivity index (χ1) is 17.9. The van der Waals surface area contributed by atoms with E-state index in [0.29, 0.717) is 29.4 Å². The van der Waals surface area contributed by atoms with Gasteiger partial charge in [-0.1, -0.05) is 29.8 Å². The Morgan fingerprint density at radius 3 is 2.78 bits per heavy atom. The standard InChI is InChI=1S/C30H31ClN2O4/c1-36-23-10-7-20-16-24-30(32-25(35)11-6-18-4-8-21(31)9-5-18)13-12-22(34)28-29(30,26(20)27(23)37-28)14-15-33(24)17-19-2-3-19/h4-11,19,24,28H,2-3,12-17H2,1H3,(H,32,35)/b11-6+/t24?,28-,29-,30-/m0/s1. The SMILES string of the molecule is COc1ccc2c3c1O[C@H]1C(=O)CC[C@]4(NC(=O)/C=C/c5ccc(Cl)cc5)C(C2)N(CC2CC2)CC[C@]314. The molecule has 1 N–H and O–H groups in total. The van der Waals surface area contributed by atoms with Crippen molar-refractivity contribution in [1.82, 2.24) is 10.2 Å². The van der Waals surface area contributed by atoms with Gasteiger partial charge in [-0.2, -0.15) is 0 Å². The van der Waals surface area contributed by atoms with Gasteiger partial charge in [0, 0.05) is 35.7 Å². The van der Waals surface area contributed by atoms with Crippen LogP contribution < -0.4 is 14.8 Å². The summed E-state index contributed by atoms with van der Waals surface area (Å²) in [6.45, 7) is 1.96. The molecule has 2 bridgehead atoms. The molecule has 37 heavy (non-hydrogen) atoms. The average Bonchev–Trinajstić information content (AvgIpc) is 3.64. The highest BCUT2D eigenvalue weighted by Gasteiger charge is 2.73. The second kappa shape index (κ2) is 8.34. The number of benzene rings is 2. The quantitative estimate of drug-likeness (QED) is 0.577. The number of halogens is 1. The molecule has 2 aromatic rings. The van der Waals surface area contributed by atoms with Crippen molar-refractivity contribution in [3.8, 4) is 11.5 Å². The number of rotatable bonds is 6. The zero-order valence-electron chi connectivity index (χ0n) is 21.0. The molecule has 2 aromatic carbocycles. The number of methoxy groups -OCH3 is 1. The number of carbonyl (C=O) groups is 2. The fraction of sp³-hybridized carbons (Fsp3) is 0.467. The molecule has 1 amide bonds. The minimum Gasteiger partial charge on any atom is -0.493 e. The number of nitrogens with one attached hydrogen (secondary N) is 1. The van der Waals surface area contributed by atoms with Crippen molar-refractivity contribution in [2.75, 3.05) is 20.2 Å². The highest BCUT2D eigenvalue weighted by molar-refractivity contribution is 6.30. The molecule has 5 aliphatic rings. The minimum atomic E-state index is -0.599. The van der Waals surface area contributed by atoms with Crippen LogP contribution in [0.4, 0.5) is 0 Å². The van der Waals surface area contributed by atoms with Crippen LogP contribution in [0.3, 0.4) is 0 Å². The second-order valence-corrected chi connectivity index (χ2v) is 11.8. The van der Waals surface area contributed by atoms with Crippen LogP contribution in [0.2, 0.25) is 5.02 Å². The van der Waals surface area contributed by atoms with Crippen LogP contribution in [0.5, 0.6) is 11.5 Å². The van der Waals surface area contributed by atoms with Crippen LogP contribution in [-0.2, 0) is 21.4 Å². The number of amides is 1. The molecule has 3 fully saturated rings. The molecule has 0 aromatic heterocycles. The maximum atomic E-state index is 13.6. The Morgan fingerprint density at radius 2 is 2.03 bits per heavy atom. The Labute approximate surface area is 222 Å². The van der Waals surface area contributed by atoms with E-state index in [2.05, 4.69) is 16.3 Å². The lowest BCUT2D eigenvalue weighted by molar-refractivity contribution is -0.148. The first-order valence-electron chi connectivity index (χ1n) is 13.3. The number of ether oxygens (including phenoxy) is 2. The van der Waals surface area contributed by atoms with Crippen LogP contribution >= 0.6 is 11.6 Å². The number of Topliss-reactive ketones (excluding diaryl/α,β-unsaturated/α-hetero) is 1. The maximum Gasteiger partial charge on any atom is 0.244 e. The van der Waals surface area contributed by atoms with Crippen molar-refractivity contribution in [1.29, 1.82) is 0 Å². The van der Waals surface area contributed by atoms with E-state index in [9.17, 15) is 9.59 Å². The zero-order chi connectivity index (χ0) is 25.4. The Hall–Kier alpha value is -2.83. The van der Waals surface area contributed by atoms with Gasteiger partial charge in [0.2, 0.25) is 5.91 Å². The molecule has 0 radical (unpaired) electrons. The van der Waals surface area contributed by atoms with E-state index in [-0.39, 0.29) is 17.7 Å². The normalized spacial score (nSPS) is 31.7. The zero-order valence-corrected chi connectivity index (χ0v) is 21.7. The van der Waals surface area contributed by atoms with E-state index in [1.165, 1.54) is 18.4 Å². The molecule has 4 atom stereocenters. The summed E-state index contributed by atoms with van der Waals surface area (Å²) in [4.78, 5) is 29.7. The minimum absolute atomic E-state index is 0.112. The molecular weight excluding hydrogens is 488 g/mol. The molecule has 7 heteroatoms. The van der Waals surface area contributed by atoms with Crippen LogP contribution in [0.1, 0.15) is 48.8 Å². The highest BCUT2D eigenvalue weighted by atomic mass is 35.5. The van der Waals surface area contributed by atoms with Gasteiger partial charge in [-0.3, -0.25) is 14.5 Å². The monoisotopic (exact) mass is 518 g/mol. The molecule has 2 saturated carbocycles. The van der Waals surface area contributed by atoms with E-state index in [0.717, 1.165) is 43.0 Å². The summed E-state index contributed by atoms with van der Waals surface area (Å²) in [5.41, 5.74) is 2.04. The number of hydrogen-bond donors (Lipinski definition) is 1. The lowest BCUT2D eigenvalue weighted by Gasteiger charge is -2.65. The molecule has 7 rings (SSSR count). The third-order valence-corrected chi connectivity index (χ3v) is 9.71. The summed E-state index contributed by atoms with van der Waals surface area (Å²) in [6, 6.07) is 11.6. The van der Waals surface area contributed by atoms with Gasteiger partial charge in [0.1, 0.15) is 0 Å². The Bertz CT molecular complexity index is 1320. The lowest BCUT2D eigenvalue weighted by atomic mass is 9.47. The molecule has 3 aliphatic carbocycles. The number of piperidine rings is 1. The first kappa shape index (κ1) is 23.3.